The van der Waals surface area contributed by atoms with Gasteiger partial charge in [0.05, 0.1) is 5.69 Å². The van der Waals surface area contributed by atoms with E-state index >= 15 is 0 Å². The number of pyridine rings is 1. The van der Waals surface area contributed by atoms with Gasteiger partial charge in [-0.15, -0.1) is 0 Å². The van der Waals surface area contributed by atoms with Crippen molar-refractivity contribution >= 4 is 28.7 Å². The predicted molar refractivity (Wildman–Crippen MR) is 118 cm³/mol. The fourth-order valence-electron chi connectivity index (χ4n) is 3.21. The number of nitrogens with one attached hydrogen (secondary N) is 2. The van der Waals surface area contributed by atoms with Gasteiger partial charge in [-0.2, -0.15) is 0 Å². The van der Waals surface area contributed by atoms with Crippen molar-refractivity contribution in [3.05, 3.63) is 94.5 Å². The largest absolute Gasteiger partial charge is 0.418 e. The van der Waals surface area contributed by atoms with E-state index in [1.165, 1.54) is 0 Å². The van der Waals surface area contributed by atoms with Crippen molar-refractivity contribution in [1.29, 1.82) is 0 Å². The number of rotatable bonds is 6. The number of aryl methyl sites for hydroxylation is 1. The first kappa shape index (κ1) is 19.3. The number of anilines is 1. The third-order valence-electron chi connectivity index (χ3n) is 4.86. The van der Waals surface area contributed by atoms with E-state index in [0.717, 1.165) is 33.8 Å². The van der Waals surface area contributed by atoms with Gasteiger partial charge in [0.15, 0.2) is 11.2 Å². The average Bonchev–Trinajstić information content (AvgIpc) is 3.13. The molecule has 1 unspecified atom stereocenters. The molecule has 0 saturated heterocycles. The zero-order chi connectivity index (χ0) is 21.1. The number of nitrogens with zero attached hydrogens (tertiary/aromatic N) is 3. The third kappa shape index (κ3) is 3.91. The SMILES string of the molecule is C=C/C(=C\c1c(C)ncnc1NC(C)c1ccccc1)c1cnc2[nH]c(=O)oc2c1. The highest BCUT2D eigenvalue weighted by Crippen LogP contribution is 2.27. The van der Waals surface area contributed by atoms with Crippen LogP contribution in [0.5, 0.6) is 0 Å². The Kier molecular flexibility index (Phi) is 5.26. The van der Waals surface area contributed by atoms with Gasteiger partial charge in [-0.3, -0.25) is 4.98 Å². The van der Waals surface area contributed by atoms with E-state index in [4.69, 9.17) is 4.42 Å². The van der Waals surface area contributed by atoms with Crippen LogP contribution in [-0.2, 0) is 0 Å². The number of H-pyrrole nitrogens is 1. The molecule has 0 aliphatic carbocycles. The van der Waals surface area contributed by atoms with Crippen LogP contribution < -0.4 is 11.1 Å². The molecule has 0 aliphatic heterocycles. The van der Waals surface area contributed by atoms with Crippen LogP contribution in [0.2, 0.25) is 0 Å². The predicted octanol–water partition coefficient (Wildman–Crippen LogP) is 4.51. The normalized spacial score (nSPS) is 12.7. The van der Waals surface area contributed by atoms with Crippen molar-refractivity contribution < 1.29 is 4.42 Å². The highest BCUT2D eigenvalue weighted by molar-refractivity contribution is 5.91. The summed E-state index contributed by atoms with van der Waals surface area (Å²) in [6.45, 7) is 7.94. The minimum Gasteiger partial charge on any atom is -0.406 e. The molecule has 0 spiro atoms. The van der Waals surface area contributed by atoms with Gasteiger partial charge in [-0.25, -0.2) is 19.7 Å². The minimum atomic E-state index is -0.535. The van der Waals surface area contributed by atoms with Crippen LogP contribution in [0.25, 0.3) is 22.9 Å². The Morgan fingerprint density at radius 1 is 1.23 bits per heavy atom. The van der Waals surface area contributed by atoms with Gasteiger partial charge in [-0.1, -0.05) is 43.0 Å². The van der Waals surface area contributed by atoms with Crippen LogP contribution in [0.15, 0.2) is 70.8 Å². The lowest BCUT2D eigenvalue weighted by molar-refractivity contribution is 0.555. The van der Waals surface area contributed by atoms with Crippen molar-refractivity contribution in [2.24, 2.45) is 0 Å². The molecule has 4 rings (SSSR count). The van der Waals surface area contributed by atoms with Crippen molar-refractivity contribution in [3.8, 4) is 0 Å². The van der Waals surface area contributed by atoms with Crippen LogP contribution in [-0.4, -0.2) is 19.9 Å². The summed E-state index contributed by atoms with van der Waals surface area (Å²) in [5, 5.41) is 3.47. The van der Waals surface area contributed by atoms with Gasteiger partial charge in [0.1, 0.15) is 12.1 Å². The average molecular weight is 399 g/mol. The van der Waals surface area contributed by atoms with E-state index in [-0.39, 0.29) is 6.04 Å². The molecule has 4 aromatic rings. The molecular weight excluding hydrogens is 378 g/mol. The van der Waals surface area contributed by atoms with Crippen molar-refractivity contribution in [2.75, 3.05) is 5.32 Å². The lowest BCUT2D eigenvalue weighted by atomic mass is 10.0. The van der Waals surface area contributed by atoms with Crippen LogP contribution in [0, 0.1) is 6.92 Å². The summed E-state index contributed by atoms with van der Waals surface area (Å²) in [6.07, 6.45) is 6.89. The van der Waals surface area contributed by atoms with Gasteiger partial charge < -0.3 is 9.73 Å². The quantitative estimate of drug-likeness (QED) is 0.463. The molecule has 30 heavy (non-hydrogen) atoms. The Morgan fingerprint density at radius 2 is 2.03 bits per heavy atom. The Morgan fingerprint density at radius 3 is 2.80 bits per heavy atom. The summed E-state index contributed by atoms with van der Waals surface area (Å²) in [7, 11) is 0. The molecule has 150 valence electrons. The molecule has 0 aliphatic rings. The highest BCUT2D eigenvalue weighted by Gasteiger charge is 2.13. The molecular formula is C23H21N5O2. The Balaban J connectivity index is 1.73. The molecule has 1 aromatic carbocycles. The monoisotopic (exact) mass is 399 g/mol. The molecule has 1 atom stereocenters. The molecule has 0 fully saturated rings. The van der Waals surface area contributed by atoms with Crippen LogP contribution >= 0.6 is 0 Å². The molecule has 0 radical (unpaired) electrons. The molecule has 0 saturated carbocycles. The smallest absolute Gasteiger partial charge is 0.406 e. The van der Waals surface area contributed by atoms with Crippen LogP contribution in [0.3, 0.4) is 0 Å². The van der Waals surface area contributed by atoms with Crippen LogP contribution in [0.1, 0.15) is 35.3 Å². The lowest BCUT2D eigenvalue weighted by Gasteiger charge is -2.17. The van der Waals surface area contributed by atoms with E-state index in [2.05, 4.69) is 50.9 Å². The standard InChI is InChI=1S/C23H21N5O2/c1-4-16(18-11-20-22(24-12-18)28-23(29)30-20)10-19-15(3)25-13-26-21(19)27-14(2)17-8-6-5-7-9-17/h4-14H,1H2,2-3H3,(H,24,28,29)(H,25,26,27)/b16-10+. The van der Waals surface area contributed by atoms with E-state index in [1.54, 1.807) is 24.7 Å². The zero-order valence-electron chi connectivity index (χ0n) is 16.7. The minimum absolute atomic E-state index is 0.0620. The van der Waals surface area contributed by atoms with Crippen molar-refractivity contribution in [2.45, 2.75) is 19.9 Å². The number of benzene rings is 1. The first-order valence-corrected chi connectivity index (χ1v) is 9.51. The number of oxazole rings is 1. The summed E-state index contributed by atoms with van der Waals surface area (Å²) in [6, 6.07) is 12.0. The molecule has 3 aromatic heterocycles. The first-order valence-electron chi connectivity index (χ1n) is 9.51. The Bertz CT molecular complexity index is 1290. The fourth-order valence-corrected chi connectivity index (χ4v) is 3.21. The van der Waals surface area contributed by atoms with Crippen LogP contribution in [0.4, 0.5) is 5.82 Å². The number of aromatic amines is 1. The summed E-state index contributed by atoms with van der Waals surface area (Å²) in [5.41, 5.74) is 5.21. The van der Waals surface area contributed by atoms with Gasteiger partial charge in [-0.05, 0) is 37.1 Å². The molecule has 0 amide bonds. The van der Waals surface area contributed by atoms with Crippen molar-refractivity contribution in [3.63, 3.8) is 0 Å². The highest BCUT2D eigenvalue weighted by atomic mass is 16.4. The van der Waals surface area contributed by atoms with Gasteiger partial charge >= 0.3 is 5.76 Å². The number of fused-ring (bicyclic) bond motifs is 1. The zero-order valence-corrected chi connectivity index (χ0v) is 16.7. The molecule has 0 bridgehead atoms. The molecule has 2 N–H and O–H groups in total. The van der Waals surface area contributed by atoms with E-state index in [0.29, 0.717) is 11.2 Å². The number of allylic oxidation sites excluding steroid dienone is 2. The van der Waals surface area contributed by atoms with Gasteiger partial charge in [0.25, 0.3) is 0 Å². The molecule has 7 heteroatoms. The van der Waals surface area contributed by atoms with Gasteiger partial charge in [0, 0.05) is 23.4 Å². The summed E-state index contributed by atoms with van der Waals surface area (Å²) < 4.78 is 5.13. The number of hydrogen-bond acceptors (Lipinski definition) is 6. The molecule has 3 heterocycles. The maximum atomic E-state index is 11.4. The maximum absolute atomic E-state index is 11.4. The summed E-state index contributed by atoms with van der Waals surface area (Å²) in [5.74, 6) is 0.188. The van der Waals surface area contributed by atoms with E-state index < -0.39 is 5.76 Å². The number of hydrogen-bond donors (Lipinski definition) is 2. The second-order valence-corrected chi connectivity index (χ2v) is 6.89. The Hall–Kier alpha value is -4.00. The van der Waals surface area contributed by atoms with E-state index in [1.807, 2.05) is 31.2 Å². The molecule has 7 nitrogen and oxygen atoms in total. The maximum Gasteiger partial charge on any atom is 0.418 e. The third-order valence-corrected chi connectivity index (χ3v) is 4.86. The summed E-state index contributed by atoms with van der Waals surface area (Å²) in [4.78, 5) is 27.0. The second kappa shape index (κ2) is 8.16. The number of aromatic nitrogens is 4. The summed E-state index contributed by atoms with van der Waals surface area (Å²) >= 11 is 0. The first-order chi connectivity index (χ1) is 14.5. The van der Waals surface area contributed by atoms with Gasteiger partial charge in [0.2, 0.25) is 0 Å². The topological polar surface area (TPSA) is 96.7 Å². The van der Waals surface area contributed by atoms with Crippen molar-refractivity contribution in [1.82, 2.24) is 19.9 Å². The van der Waals surface area contributed by atoms with E-state index in [9.17, 15) is 4.79 Å². The Labute approximate surface area is 173 Å². The fraction of sp³-hybridized carbons (Fsp3) is 0.130. The second-order valence-electron chi connectivity index (χ2n) is 6.89. The lowest BCUT2D eigenvalue weighted by Crippen LogP contribution is -2.10.